The van der Waals surface area contributed by atoms with Crippen LogP contribution in [0.3, 0.4) is 0 Å². The Kier molecular flexibility index (Phi) is 6.79. The van der Waals surface area contributed by atoms with Gasteiger partial charge in [-0.05, 0) is 23.7 Å². The van der Waals surface area contributed by atoms with Gasteiger partial charge in [-0.2, -0.15) is 0 Å². The average Bonchev–Trinajstić information content (AvgIpc) is 2.47. The van der Waals surface area contributed by atoms with Crippen LogP contribution in [0.15, 0.2) is 55.6 Å². The zero-order chi connectivity index (χ0) is 16.8. The number of hydrogen-bond acceptors (Lipinski definition) is 2. The van der Waals surface area contributed by atoms with Crippen molar-refractivity contribution < 1.29 is 9.16 Å². The lowest BCUT2D eigenvalue weighted by atomic mass is 10.1. The maximum absolute atomic E-state index is 6.24. The summed E-state index contributed by atoms with van der Waals surface area (Å²) in [6.07, 6.45) is 3.34. The standard InChI is InChI=1S/C19H30O2Si/c1-8-17(15-20-22(6,7)19(3,4)5)21-18(9-2)16-13-11-10-12-14-16/h8-14,17-18H,1-2,15H2,3-7H3/t17-,18-/m0/s1. The number of rotatable bonds is 8. The highest BCUT2D eigenvalue weighted by Crippen LogP contribution is 2.36. The molecule has 1 aromatic rings. The lowest BCUT2D eigenvalue weighted by Crippen LogP contribution is -2.42. The van der Waals surface area contributed by atoms with Crippen LogP contribution in [0.1, 0.15) is 32.4 Å². The van der Waals surface area contributed by atoms with Gasteiger partial charge < -0.3 is 9.16 Å². The van der Waals surface area contributed by atoms with E-state index in [0.717, 1.165) is 5.56 Å². The van der Waals surface area contributed by atoms with Crippen molar-refractivity contribution in [3.05, 3.63) is 61.2 Å². The molecule has 0 spiro atoms. The van der Waals surface area contributed by atoms with Crippen LogP contribution in [0.2, 0.25) is 18.1 Å². The highest BCUT2D eigenvalue weighted by Gasteiger charge is 2.37. The van der Waals surface area contributed by atoms with E-state index in [0.29, 0.717) is 6.61 Å². The van der Waals surface area contributed by atoms with Crippen LogP contribution in [-0.4, -0.2) is 21.0 Å². The third-order valence-electron chi connectivity index (χ3n) is 4.34. The first-order valence-electron chi connectivity index (χ1n) is 7.80. The molecule has 0 aliphatic carbocycles. The molecule has 1 aromatic carbocycles. The highest BCUT2D eigenvalue weighted by molar-refractivity contribution is 6.74. The number of hydrogen-bond donors (Lipinski definition) is 0. The Hall–Kier alpha value is -1.16. The molecule has 0 radical (unpaired) electrons. The van der Waals surface area contributed by atoms with Gasteiger partial charge >= 0.3 is 0 Å². The molecule has 0 saturated carbocycles. The fourth-order valence-electron chi connectivity index (χ4n) is 1.77. The van der Waals surface area contributed by atoms with E-state index in [4.69, 9.17) is 9.16 Å². The zero-order valence-electron chi connectivity index (χ0n) is 14.6. The van der Waals surface area contributed by atoms with Gasteiger partial charge in [0.15, 0.2) is 8.32 Å². The Morgan fingerprint density at radius 3 is 2.14 bits per heavy atom. The fraction of sp³-hybridized carbons (Fsp3) is 0.474. The molecule has 0 saturated heterocycles. The molecule has 0 heterocycles. The van der Waals surface area contributed by atoms with E-state index < -0.39 is 8.32 Å². The first-order valence-corrected chi connectivity index (χ1v) is 10.7. The first kappa shape index (κ1) is 18.9. The quantitative estimate of drug-likeness (QED) is 0.465. The molecular weight excluding hydrogens is 288 g/mol. The van der Waals surface area contributed by atoms with Gasteiger partial charge in [0, 0.05) is 0 Å². The maximum atomic E-state index is 6.24. The van der Waals surface area contributed by atoms with Gasteiger partial charge in [-0.15, -0.1) is 13.2 Å². The Bertz CT molecular complexity index is 474. The van der Waals surface area contributed by atoms with Crippen LogP contribution in [0.5, 0.6) is 0 Å². The molecule has 22 heavy (non-hydrogen) atoms. The third kappa shape index (κ3) is 5.23. The second kappa shape index (κ2) is 7.91. The van der Waals surface area contributed by atoms with Gasteiger partial charge in [0.05, 0.1) is 12.7 Å². The van der Waals surface area contributed by atoms with Crippen LogP contribution >= 0.6 is 0 Å². The predicted molar refractivity (Wildman–Crippen MR) is 97.6 cm³/mol. The summed E-state index contributed by atoms with van der Waals surface area (Å²) in [6, 6.07) is 10.1. The normalized spacial score (nSPS) is 15.1. The van der Waals surface area contributed by atoms with Crippen molar-refractivity contribution in [1.82, 2.24) is 0 Å². The van der Waals surface area contributed by atoms with Gasteiger partial charge in [-0.1, -0.05) is 63.3 Å². The van der Waals surface area contributed by atoms with E-state index in [2.05, 4.69) is 47.0 Å². The van der Waals surface area contributed by atoms with Crippen molar-refractivity contribution in [2.45, 2.75) is 51.1 Å². The SMILES string of the molecule is C=C[C@H](O[C@@H](C=C)CO[Si](C)(C)C(C)(C)C)c1ccccc1. The predicted octanol–water partition coefficient (Wildman–Crippen LogP) is 5.51. The van der Waals surface area contributed by atoms with Crippen molar-refractivity contribution in [2.75, 3.05) is 6.61 Å². The molecule has 122 valence electrons. The van der Waals surface area contributed by atoms with Gasteiger partial charge in [-0.25, -0.2) is 0 Å². The second-order valence-corrected chi connectivity index (χ2v) is 11.9. The number of benzene rings is 1. The van der Waals surface area contributed by atoms with Crippen LogP contribution in [-0.2, 0) is 9.16 Å². The molecule has 0 unspecified atom stereocenters. The van der Waals surface area contributed by atoms with Crippen molar-refractivity contribution in [3.8, 4) is 0 Å². The first-order chi connectivity index (χ1) is 10.2. The minimum Gasteiger partial charge on any atom is -0.414 e. The van der Waals surface area contributed by atoms with Crippen LogP contribution in [0.4, 0.5) is 0 Å². The Balaban J connectivity index is 2.69. The van der Waals surface area contributed by atoms with E-state index >= 15 is 0 Å². The van der Waals surface area contributed by atoms with Crippen LogP contribution < -0.4 is 0 Å². The molecule has 0 bridgehead atoms. The van der Waals surface area contributed by atoms with E-state index in [-0.39, 0.29) is 17.2 Å². The summed E-state index contributed by atoms with van der Waals surface area (Å²) in [4.78, 5) is 0. The van der Waals surface area contributed by atoms with Crippen molar-refractivity contribution in [3.63, 3.8) is 0 Å². The monoisotopic (exact) mass is 318 g/mol. The summed E-state index contributed by atoms with van der Waals surface area (Å²) in [6.45, 7) is 19.5. The van der Waals surface area contributed by atoms with Crippen molar-refractivity contribution in [1.29, 1.82) is 0 Å². The van der Waals surface area contributed by atoms with Crippen LogP contribution in [0.25, 0.3) is 0 Å². The Morgan fingerprint density at radius 1 is 1.09 bits per heavy atom. The van der Waals surface area contributed by atoms with Gasteiger partial charge in [0.25, 0.3) is 0 Å². The minimum absolute atomic E-state index is 0.141. The molecule has 0 aliphatic rings. The van der Waals surface area contributed by atoms with E-state index in [1.165, 1.54) is 0 Å². The van der Waals surface area contributed by atoms with E-state index in [1.54, 1.807) is 0 Å². The molecule has 0 N–H and O–H groups in total. The van der Waals surface area contributed by atoms with Crippen molar-refractivity contribution >= 4 is 8.32 Å². The van der Waals surface area contributed by atoms with E-state index in [1.807, 2.05) is 42.5 Å². The van der Waals surface area contributed by atoms with Gasteiger partial charge in [0.1, 0.15) is 6.10 Å². The Morgan fingerprint density at radius 2 is 1.68 bits per heavy atom. The summed E-state index contributed by atoms with van der Waals surface area (Å²) < 4.78 is 12.3. The smallest absolute Gasteiger partial charge is 0.192 e. The van der Waals surface area contributed by atoms with Gasteiger partial charge in [0.2, 0.25) is 0 Å². The highest BCUT2D eigenvalue weighted by atomic mass is 28.4. The number of ether oxygens (including phenoxy) is 1. The third-order valence-corrected chi connectivity index (χ3v) is 8.84. The lowest BCUT2D eigenvalue weighted by Gasteiger charge is -2.37. The lowest BCUT2D eigenvalue weighted by molar-refractivity contribution is 0.0111. The van der Waals surface area contributed by atoms with E-state index in [9.17, 15) is 0 Å². The molecular formula is C19H30O2Si. The summed E-state index contributed by atoms with van der Waals surface area (Å²) >= 11 is 0. The zero-order valence-corrected chi connectivity index (χ0v) is 15.6. The molecule has 0 aliphatic heterocycles. The molecule has 1 rings (SSSR count). The summed E-state index contributed by atoms with van der Waals surface area (Å²) in [7, 11) is -1.78. The maximum Gasteiger partial charge on any atom is 0.192 e. The molecule has 0 amide bonds. The average molecular weight is 319 g/mol. The summed E-state index contributed by atoms with van der Waals surface area (Å²) in [5, 5.41) is 0.190. The molecule has 2 nitrogen and oxygen atoms in total. The second-order valence-electron chi connectivity index (χ2n) is 7.05. The molecule has 3 heteroatoms. The Labute approximate surface area is 137 Å². The molecule has 0 aromatic heterocycles. The summed E-state index contributed by atoms with van der Waals surface area (Å²) in [5.41, 5.74) is 1.09. The summed E-state index contributed by atoms with van der Waals surface area (Å²) in [5.74, 6) is 0. The van der Waals surface area contributed by atoms with Crippen molar-refractivity contribution in [2.24, 2.45) is 0 Å². The fourth-order valence-corrected chi connectivity index (χ4v) is 2.79. The topological polar surface area (TPSA) is 18.5 Å². The largest absolute Gasteiger partial charge is 0.414 e. The minimum atomic E-state index is -1.78. The van der Waals surface area contributed by atoms with Gasteiger partial charge in [-0.3, -0.25) is 0 Å². The van der Waals surface area contributed by atoms with Crippen LogP contribution in [0, 0.1) is 0 Å². The molecule has 0 fully saturated rings. The molecule has 2 atom stereocenters.